The predicted octanol–water partition coefficient (Wildman–Crippen LogP) is 2.87. The molecule has 1 aromatic rings. The number of hydrogen-bond donors (Lipinski definition) is 1. The molecule has 0 spiro atoms. The van der Waals surface area contributed by atoms with Gasteiger partial charge in [0.1, 0.15) is 0 Å². The second-order valence-corrected chi connectivity index (χ2v) is 5.94. The fourth-order valence-corrected chi connectivity index (χ4v) is 3.21. The van der Waals surface area contributed by atoms with Crippen LogP contribution in [0.2, 0.25) is 0 Å². The van der Waals surface area contributed by atoms with E-state index in [2.05, 4.69) is 12.1 Å². The van der Waals surface area contributed by atoms with Gasteiger partial charge in [0.2, 0.25) is 5.91 Å². The van der Waals surface area contributed by atoms with Gasteiger partial charge in [-0.1, -0.05) is 30.3 Å². The summed E-state index contributed by atoms with van der Waals surface area (Å²) in [6.45, 7) is 3.39. The Morgan fingerprint density at radius 2 is 2.20 bits per heavy atom. The second kappa shape index (κ2) is 7.33. The Balaban J connectivity index is 1.87. The lowest BCUT2D eigenvalue weighted by Gasteiger charge is -2.32. The maximum Gasteiger partial charge on any atom is 0.232 e. The van der Waals surface area contributed by atoms with Gasteiger partial charge in [0.25, 0.3) is 0 Å². The molecule has 1 aromatic carbocycles. The Bertz CT molecular complexity index is 476. The van der Waals surface area contributed by atoms with E-state index in [9.17, 15) is 4.79 Å². The zero-order valence-corrected chi connectivity index (χ0v) is 12.5. The molecule has 4 nitrogen and oxygen atoms in total. The molecule has 1 fully saturated rings. The first-order chi connectivity index (χ1) is 9.74. The molecule has 1 amide bonds. The van der Waals surface area contributed by atoms with Crippen LogP contribution in [0.4, 0.5) is 0 Å². The summed E-state index contributed by atoms with van der Waals surface area (Å²) < 4.78 is 0. The van der Waals surface area contributed by atoms with E-state index in [4.69, 9.17) is 5.21 Å². The number of benzene rings is 1. The van der Waals surface area contributed by atoms with E-state index >= 15 is 0 Å². The Labute approximate surface area is 123 Å². The van der Waals surface area contributed by atoms with E-state index in [1.165, 1.54) is 0 Å². The van der Waals surface area contributed by atoms with Crippen LogP contribution in [-0.2, 0) is 4.79 Å². The number of carbonyl (C=O) groups is 1. The van der Waals surface area contributed by atoms with Crippen LogP contribution in [0.25, 0.3) is 0 Å². The third-order valence-corrected chi connectivity index (χ3v) is 4.63. The van der Waals surface area contributed by atoms with Gasteiger partial charge in [-0.05, 0) is 18.6 Å². The van der Waals surface area contributed by atoms with Gasteiger partial charge >= 0.3 is 0 Å². The summed E-state index contributed by atoms with van der Waals surface area (Å²) >= 11 is 1.57. The van der Waals surface area contributed by atoms with Gasteiger partial charge in [-0.15, -0.1) is 11.8 Å². The summed E-state index contributed by atoms with van der Waals surface area (Å²) in [5, 5.41) is 12.3. The maximum atomic E-state index is 12.2. The molecule has 0 aliphatic carbocycles. The van der Waals surface area contributed by atoms with Crippen LogP contribution in [0.15, 0.2) is 40.4 Å². The molecule has 20 heavy (non-hydrogen) atoms. The summed E-state index contributed by atoms with van der Waals surface area (Å²) in [5.41, 5.74) is 0.826. The molecule has 2 rings (SSSR count). The Morgan fingerprint density at radius 3 is 2.85 bits per heavy atom. The smallest absolute Gasteiger partial charge is 0.232 e. The molecule has 0 bridgehead atoms. The first-order valence-corrected chi connectivity index (χ1v) is 7.89. The number of rotatable bonds is 4. The van der Waals surface area contributed by atoms with Crippen molar-refractivity contribution in [2.75, 3.05) is 18.8 Å². The fraction of sp³-hybridized carbons (Fsp3) is 0.467. The van der Waals surface area contributed by atoms with E-state index in [0.717, 1.165) is 17.0 Å². The normalized spacial score (nSPS) is 21.1. The molecule has 0 saturated carbocycles. The molecule has 1 N–H and O–H groups in total. The second-order valence-electron chi connectivity index (χ2n) is 4.89. The highest BCUT2D eigenvalue weighted by atomic mass is 32.2. The van der Waals surface area contributed by atoms with Crippen molar-refractivity contribution in [3.8, 4) is 0 Å². The lowest BCUT2D eigenvalue weighted by molar-refractivity contribution is -0.129. The van der Waals surface area contributed by atoms with Gasteiger partial charge in [0.05, 0.1) is 11.5 Å². The molecule has 1 aliphatic rings. The number of oxime groups is 1. The number of thioether (sulfide) groups is 1. The molecule has 1 atom stereocenters. The molecule has 0 aromatic heterocycles. The van der Waals surface area contributed by atoms with Crippen molar-refractivity contribution < 1.29 is 10.0 Å². The highest BCUT2D eigenvalue weighted by molar-refractivity contribution is 8.00. The summed E-state index contributed by atoms with van der Waals surface area (Å²) in [4.78, 5) is 15.2. The topological polar surface area (TPSA) is 52.9 Å². The van der Waals surface area contributed by atoms with Crippen LogP contribution in [0.5, 0.6) is 0 Å². The molecular weight excluding hydrogens is 272 g/mol. The Kier molecular flexibility index (Phi) is 5.47. The minimum Gasteiger partial charge on any atom is -0.411 e. The first-order valence-electron chi connectivity index (χ1n) is 6.91. The summed E-state index contributed by atoms with van der Waals surface area (Å²) in [5.74, 6) is 0.820. The van der Waals surface area contributed by atoms with E-state index in [1.54, 1.807) is 11.8 Å². The van der Waals surface area contributed by atoms with Crippen LogP contribution in [0.3, 0.4) is 0 Å². The molecule has 108 valence electrons. The summed E-state index contributed by atoms with van der Waals surface area (Å²) in [7, 11) is 0. The Hall–Kier alpha value is -1.49. The Morgan fingerprint density at radius 1 is 1.45 bits per heavy atom. The van der Waals surface area contributed by atoms with Crippen molar-refractivity contribution in [3.05, 3.63) is 30.3 Å². The summed E-state index contributed by atoms with van der Waals surface area (Å²) in [6.07, 6.45) is 1.58. The van der Waals surface area contributed by atoms with Crippen molar-refractivity contribution >= 4 is 23.4 Å². The minimum absolute atomic E-state index is 0.161. The minimum atomic E-state index is 0.161. The van der Waals surface area contributed by atoms with E-state index < -0.39 is 0 Å². The van der Waals surface area contributed by atoms with Crippen LogP contribution >= 0.6 is 11.8 Å². The SMILES string of the molecule is CCC1CN(C(=O)CSc2ccccc2)CC/C1=N\O. The molecule has 0 radical (unpaired) electrons. The zero-order chi connectivity index (χ0) is 14.4. The number of hydrogen-bond acceptors (Lipinski definition) is 4. The standard InChI is InChI=1S/C15H20N2O2S/c1-2-12-10-17(9-8-14(12)16-19)15(18)11-20-13-6-4-3-5-7-13/h3-7,12,19H,2,8-11H2,1H3/b16-14+. The lowest BCUT2D eigenvalue weighted by atomic mass is 9.93. The number of piperidine rings is 1. The number of likely N-dealkylation sites (tertiary alicyclic amines) is 1. The molecule has 5 heteroatoms. The summed E-state index contributed by atoms with van der Waals surface area (Å²) in [6, 6.07) is 9.95. The number of amides is 1. The van der Waals surface area contributed by atoms with E-state index in [1.807, 2.05) is 35.2 Å². The number of nitrogens with zero attached hydrogens (tertiary/aromatic N) is 2. The van der Waals surface area contributed by atoms with Gasteiger partial charge in [-0.25, -0.2) is 0 Å². The predicted molar refractivity (Wildman–Crippen MR) is 81.4 cm³/mol. The zero-order valence-electron chi connectivity index (χ0n) is 11.7. The van der Waals surface area contributed by atoms with Crippen molar-refractivity contribution in [3.63, 3.8) is 0 Å². The number of carbonyl (C=O) groups excluding carboxylic acids is 1. The van der Waals surface area contributed by atoms with Gasteiger partial charge in [0, 0.05) is 30.3 Å². The molecule has 1 aliphatic heterocycles. The average Bonchev–Trinajstić information content (AvgIpc) is 2.52. The van der Waals surface area contributed by atoms with Crippen molar-refractivity contribution in [2.24, 2.45) is 11.1 Å². The molecule has 1 saturated heterocycles. The molecular formula is C15H20N2O2S. The first kappa shape index (κ1) is 14.9. The highest BCUT2D eigenvalue weighted by Gasteiger charge is 2.27. The van der Waals surface area contributed by atoms with Crippen LogP contribution in [0, 0.1) is 5.92 Å². The van der Waals surface area contributed by atoms with Crippen LogP contribution < -0.4 is 0 Å². The van der Waals surface area contributed by atoms with Gasteiger partial charge < -0.3 is 10.1 Å². The van der Waals surface area contributed by atoms with Crippen molar-refractivity contribution in [2.45, 2.75) is 24.7 Å². The quantitative estimate of drug-likeness (QED) is 0.527. The van der Waals surface area contributed by atoms with Gasteiger partial charge in [-0.3, -0.25) is 4.79 Å². The van der Waals surface area contributed by atoms with E-state index in [0.29, 0.717) is 25.3 Å². The lowest BCUT2D eigenvalue weighted by Crippen LogP contribution is -2.44. The third kappa shape index (κ3) is 3.76. The van der Waals surface area contributed by atoms with E-state index in [-0.39, 0.29) is 11.8 Å². The van der Waals surface area contributed by atoms with Gasteiger partial charge in [-0.2, -0.15) is 0 Å². The molecule has 1 heterocycles. The monoisotopic (exact) mass is 292 g/mol. The van der Waals surface area contributed by atoms with Crippen LogP contribution in [0.1, 0.15) is 19.8 Å². The largest absolute Gasteiger partial charge is 0.411 e. The van der Waals surface area contributed by atoms with Crippen molar-refractivity contribution in [1.82, 2.24) is 4.90 Å². The molecule has 1 unspecified atom stereocenters. The van der Waals surface area contributed by atoms with Gasteiger partial charge in [0.15, 0.2) is 0 Å². The third-order valence-electron chi connectivity index (χ3n) is 3.63. The highest BCUT2D eigenvalue weighted by Crippen LogP contribution is 2.21. The maximum absolute atomic E-state index is 12.2. The fourth-order valence-electron chi connectivity index (χ4n) is 2.39. The average molecular weight is 292 g/mol. The van der Waals surface area contributed by atoms with Crippen molar-refractivity contribution in [1.29, 1.82) is 0 Å². The van der Waals surface area contributed by atoms with Crippen LogP contribution in [-0.4, -0.2) is 40.6 Å².